The maximum Gasteiger partial charge on any atom is 0.331 e. The molecule has 0 aliphatic carbocycles. The molecule has 3 rings (SSSR count). The molecule has 1 aliphatic rings. The first-order chi connectivity index (χ1) is 13.5. The second-order valence-electron chi connectivity index (χ2n) is 6.37. The van der Waals surface area contributed by atoms with Crippen LogP contribution in [-0.2, 0) is 14.3 Å². The highest BCUT2D eigenvalue weighted by atomic mass is 35.5. The maximum atomic E-state index is 12.5. The first kappa shape index (κ1) is 19.8. The number of amides is 1. The minimum Gasteiger partial charge on any atom is -0.454 e. The van der Waals surface area contributed by atoms with Crippen LogP contribution < -0.4 is 14.4 Å². The Hall–Kier alpha value is -2.99. The normalized spacial score (nSPS) is 12.4. The molecule has 146 valence electrons. The van der Waals surface area contributed by atoms with Crippen LogP contribution in [0.15, 0.2) is 48.5 Å². The van der Waals surface area contributed by atoms with E-state index in [0.29, 0.717) is 22.1 Å². The lowest BCUT2D eigenvalue weighted by Crippen LogP contribution is -2.39. The average Bonchev–Trinajstić information content (AvgIpc) is 3.15. The van der Waals surface area contributed by atoms with Crippen LogP contribution in [-0.4, -0.2) is 31.3 Å². The lowest BCUT2D eigenvalue weighted by atomic mass is 10.2. The van der Waals surface area contributed by atoms with Crippen molar-refractivity contribution in [1.29, 1.82) is 0 Å². The molecule has 0 N–H and O–H groups in total. The highest BCUT2D eigenvalue weighted by Gasteiger charge is 2.20. The monoisotopic (exact) mass is 401 g/mol. The lowest BCUT2D eigenvalue weighted by Gasteiger charge is -2.26. The number of rotatable bonds is 6. The standard InChI is InChI=1S/C21H20ClNO5/c1-14(2)23(16-6-4-3-5-7-16)19(24)12-26-20(25)9-8-15-10-17(22)21-18(11-15)27-13-28-21/h3-11,14H,12-13H2,1-2H3/b9-8+. The smallest absolute Gasteiger partial charge is 0.331 e. The van der Waals surface area contributed by atoms with Gasteiger partial charge < -0.3 is 19.1 Å². The van der Waals surface area contributed by atoms with Crippen LogP contribution in [0, 0.1) is 0 Å². The number of hydrogen-bond donors (Lipinski definition) is 0. The van der Waals surface area contributed by atoms with Crippen molar-refractivity contribution < 1.29 is 23.8 Å². The molecule has 0 saturated heterocycles. The van der Waals surface area contributed by atoms with Crippen molar-refractivity contribution in [3.63, 3.8) is 0 Å². The van der Waals surface area contributed by atoms with Crippen molar-refractivity contribution in [2.45, 2.75) is 19.9 Å². The summed E-state index contributed by atoms with van der Waals surface area (Å²) in [7, 11) is 0. The number of para-hydroxylation sites is 1. The predicted molar refractivity (Wildman–Crippen MR) is 107 cm³/mol. The molecule has 6 nitrogen and oxygen atoms in total. The summed E-state index contributed by atoms with van der Waals surface area (Å²) in [4.78, 5) is 26.1. The summed E-state index contributed by atoms with van der Waals surface area (Å²) < 4.78 is 15.6. The predicted octanol–water partition coefficient (Wildman–Crippen LogP) is 4.07. The van der Waals surface area contributed by atoms with Crippen molar-refractivity contribution in [2.75, 3.05) is 18.3 Å². The van der Waals surface area contributed by atoms with E-state index in [1.807, 2.05) is 44.2 Å². The number of ether oxygens (including phenoxy) is 3. The first-order valence-electron chi connectivity index (χ1n) is 8.77. The van der Waals surface area contributed by atoms with Gasteiger partial charge in [-0.15, -0.1) is 0 Å². The molecule has 0 spiro atoms. The Kier molecular flexibility index (Phi) is 6.21. The third-order valence-electron chi connectivity index (χ3n) is 4.02. The Balaban J connectivity index is 1.60. The molecule has 1 aliphatic heterocycles. The zero-order valence-electron chi connectivity index (χ0n) is 15.6. The Bertz CT molecular complexity index is 895. The first-order valence-corrected chi connectivity index (χ1v) is 9.14. The van der Waals surface area contributed by atoms with Crippen molar-refractivity contribution in [2.24, 2.45) is 0 Å². The zero-order valence-corrected chi connectivity index (χ0v) is 16.3. The van der Waals surface area contributed by atoms with Gasteiger partial charge in [-0.1, -0.05) is 29.8 Å². The number of esters is 1. The number of anilines is 1. The van der Waals surface area contributed by atoms with Gasteiger partial charge in [0.05, 0.1) is 5.02 Å². The van der Waals surface area contributed by atoms with Crippen LogP contribution in [0.5, 0.6) is 11.5 Å². The molecule has 28 heavy (non-hydrogen) atoms. The summed E-state index contributed by atoms with van der Waals surface area (Å²) in [6.07, 6.45) is 2.78. The van der Waals surface area contributed by atoms with Crippen LogP contribution in [0.1, 0.15) is 19.4 Å². The van der Waals surface area contributed by atoms with E-state index in [9.17, 15) is 9.59 Å². The van der Waals surface area contributed by atoms with Crippen molar-refractivity contribution in [1.82, 2.24) is 0 Å². The Morgan fingerprint density at radius 2 is 1.96 bits per heavy atom. The van der Waals surface area contributed by atoms with E-state index in [2.05, 4.69) is 0 Å². The molecule has 0 fully saturated rings. The van der Waals surface area contributed by atoms with E-state index < -0.39 is 5.97 Å². The van der Waals surface area contributed by atoms with Crippen LogP contribution in [0.2, 0.25) is 5.02 Å². The average molecular weight is 402 g/mol. The molecule has 0 atom stereocenters. The van der Waals surface area contributed by atoms with Gasteiger partial charge in [0.15, 0.2) is 18.1 Å². The highest BCUT2D eigenvalue weighted by Crippen LogP contribution is 2.40. The highest BCUT2D eigenvalue weighted by molar-refractivity contribution is 6.32. The van der Waals surface area contributed by atoms with Crippen LogP contribution in [0.25, 0.3) is 6.08 Å². The van der Waals surface area contributed by atoms with Gasteiger partial charge in [-0.2, -0.15) is 0 Å². The summed E-state index contributed by atoms with van der Waals surface area (Å²) in [5.41, 5.74) is 1.41. The lowest BCUT2D eigenvalue weighted by molar-refractivity contribution is -0.143. The third kappa shape index (κ3) is 4.64. The van der Waals surface area contributed by atoms with E-state index in [1.165, 1.54) is 12.2 Å². The number of halogens is 1. The summed E-state index contributed by atoms with van der Waals surface area (Å²) in [5, 5.41) is 0.397. The minimum atomic E-state index is -0.626. The van der Waals surface area contributed by atoms with Gasteiger partial charge in [-0.25, -0.2) is 4.79 Å². The van der Waals surface area contributed by atoms with Gasteiger partial charge in [-0.05, 0) is 49.8 Å². The summed E-state index contributed by atoms with van der Waals surface area (Å²) in [6, 6.07) is 12.5. The van der Waals surface area contributed by atoms with Gasteiger partial charge in [0.2, 0.25) is 6.79 Å². The number of benzene rings is 2. The molecule has 0 unspecified atom stereocenters. The Morgan fingerprint density at radius 3 is 2.68 bits per heavy atom. The van der Waals surface area contributed by atoms with E-state index in [1.54, 1.807) is 17.0 Å². The summed E-state index contributed by atoms with van der Waals surface area (Å²) in [6.45, 7) is 3.56. The number of fused-ring (bicyclic) bond motifs is 1. The topological polar surface area (TPSA) is 65.1 Å². The van der Waals surface area contributed by atoms with E-state index >= 15 is 0 Å². The zero-order chi connectivity index (χ0) is 20.1. The summed E-state index contributed by atoms with van der Waals surface area (Å²) >= 11 is 6.11. The fourth-order valence-electron chi connectivity index (χ4n) is 2.82. The molecule has 0 aromatic heterocycles. The van der Waals surface area contributed by atoms with Gasteiger partial charge in [-0.3, -0.25) is 4.79 Å². The molecule has 7 heteroatoms. The number of carbonyl (C=O) groups excluding carboxylic acids is 2. The van der Waals surface area contributed by atoms with Gasteiger partial charge >= 0.3 is 5.97 Å². The molecule has 2 aromatic rings. The van der Waals surface area contributed by atoms with Crippen molar-refractivity contribution in [3.05, 3.63) is 59.1 Å². The Labute approximate surface area is 168 Å². The molecule has 0 bridgehead atoms. The number of hydrogen-bond acceptors (Lipinski definition) is 5. The molecule has 2 aromatic carbocycles. The minimum absolute atomic E-state index is 0.0695. The van der Waals surface area contributed by atoms with Crippen molar-refractivity contribution >= 4 is 35.2 Å². The fraction of sp³-hybridized carbons (Fsp3) is 0.238. The van der Waals surface area contributed by atoms with Crippen LogP contribution in [0.4, 0.5) is 5.69 Å². The summed E-state index contributed by atoms with van der Waals surface area (Å²) in [5.74, 6) is 0.0841. The quantitative estimate of drug-likeness (QED) is 0.539. The SMILES string of the molecule is CC(C)N(C(=O)COC(=O)/C=C/c1cc(Cl)c2c(c1)OCO2)c1ccccc1. The van der Waals surface area contributed by atoms with Crippen molar-refractivity contribution in [3.8, 4) is 11.5 Å². The number of carbonyl (C=O) groups is 2. The van der Waals surface area contributed by atoms with E-state index in [-0.39, 0.29) is 25.3 Å². The van der Waals surface area contributed by atoms with E-state index in [0.717, 1.165) is 5.69 Å². The molecule has 0 saturated carbocycles. The second-order valence-corrected chi connectivity index (χ2v) is 6.78. The fourth-order valence-corrected chi connectivity index (χ4v) is 3.09. The van der Waals surface area contributed by atoms with Gasteiger partial charge in [0, 0.05) is 17.8 Å². The maximum absolute atomic E-state index is 12.5. The third-order valence-corrected chi connectivity index (χ3v) is 4.30. The molecule has 1 heterocycles. The van der Waals surface area contributed by atoms with Gasteiger partial charge in [0.1, 0.15) is 0 Å². The largest absolute Gasteiger partial charge is 0.454 e. The molecular weight excluding hydrogens is 382 g/mol. The molecule has 0 radical (unpaired) electrons. The molecular formula is C21H20ClNO5. The van der Waals surface area contributed by atoms with Crippen LogP contribution in [0.3, 0.4) is 0 Å². The number of nitrogens with zero attached hydrogens (tertiary/aromatic N) is 1. The van der Waals surface area contributed by atoms with Gasteiger partial charge in [0.25, 0.3) is 5.91 Å². The second kappa shape index (κ2) is 8.80. The Morgan fingerprint density at radius 1 is 1.21 bits per heavy atom. The molecule has 1 amide bonds. The van der Waals surface area contributed by atoms with Crippen LogP contribution >= 0.6 is 11.6 Å². The van der Waals surface area contributed by atoms with E-state index in [4.69, 9.17) is 25.8 Å².